The van der Waals surface area contributed by atoms with Gasteiger partial charge in [-0.15, -0.1) is 10.2 Å². The highest BCUT2D eigenvalue weighted by atomic mass is 19.3. The number of rotatable bonds is 3. The zero-order chi connectivity index (χ0) is 15.7. The van der Waals surface area contributed by atoms with Gasteiger partial charge in [0.25, 0.3) is 5.92 Å². The minimum Gasteiger partial charge on any atom is -0.465 e. The number of carbonyl (C=O) groups is 1. The summed E-state index contributed by atoms with van der Waals surface area (Å²) in [5.74, 6) is -3.51. The number of nitrogens with one attached hydrogen (secondary N) is 1. The summed E-state index contributed by atoms with van der Waals surface area (Å²) < 4.78 is 29.7. The highest BCUT2D eigenvalue weighted by Crippen LogP contribution is 2.33. The maximum absolute atomic E-state index is 14.0. The molecule has 0 spiro atoms. The molecule has 2 N–H and O–H groups in total. The van der Waals surface area contributed by atoms with E-state index in [9.17, 15) is 13.6 Å². The lowest BCUT2D eigenvalue weighted by Crippen LogP contribution is -2.52. The molecule has 1 saturated heterocycles. The number of piperidine rings is 1. The first-order chi connectivity index (χ1) is 10.5. The molecule has 0 saturated carbocycles. The maximum atomic E-state index is 14.0. The van der Waals surface area contributed by atoms with E-state index in [2.05, 4.69) is 20.5 Å². The van der Waals surface area contributed by atoms with Gasteiger partial charge in [-0.05, 0) is 6.42 Å². The van der Waals surface area contributed by atoms with E-state index in [0.717, 1.165) is 4.90 Å². The second kappa shape index (κ2) is 5.35. The van der Waals surface area contributed by atoms with Crippen LogP contribution in [0.4, 0.5) is 19.4 Å². The van der Waals surface area contributed by atoms with E-state index in [0.29, 0.717) is 11.5 Å². The van der Waals surface area contributed by atoms with Gasteiger partial charge in [0.2, 0.25) is 0 Å². The van der Waals surface area contributed by atoms with Crippen LogP contribution in [0.2, 0.25) is 0 Å². The monoisotopic (exact) mass is 312 g/mol. The Kier molecular flexibility index (Phi) is 3.51. The molecule has 1 aliphatic rings. The molecule has 2 aromatic heterocycles. The van der Waals surface area contributed by atoms with Gasteiger partial charge in [-0.25, -0.2) is 13.6 Å². The normalized spacial score (nSPS) is 21.0. The van der Waals surface area contributed by atoms with Gasteiger partial charge in [0, 0.05) is 19.0 Å². The third-order valence-electron chi connectivity index (χ3n) is 3.77. The van der Waals surface area contributed by atoms with Crippen molar-refractivity contribution in [1.29, 1.82) is 0 Å². The largest absolute Gasteiger partial charge is 0.465 e. The maximum Gasteiger partial charge on any atom is 0.407 e. The molecule has 3 heterocycles. The molecule has 1 aliphatic heterocycles. The number of hydrogen-bond donors (Lipinski definition) is 2. The lowest BCUT2D eigenvalue weighted by atomic mass is 9.93. The molecule has 0 bridgehead atoms. The van der Waals surface area contributed by atoms with Crippen LogP contribution in [0.15, 0.2) is 18.7 Å². The van der Waals surface area contributed by atoms with Crippen LogP contribution in [0.3, 0.4) is 0 Å². The highest BCUT2D eigenvalue weighted by molar-refractivity contribution is 5.65. The molecule has 0 aliphatic carbocycles. The molecular formula is C12H14F2N6O2. The van der Waals surface area contributed by atoms with Crippen LogP contribution in [0.5, 0.6) is 0 Å². The topological polar surface area (TPSA) is 95.7 Å². The Bertz CT molecular complexity index is 691. The van der Waals surface area contributed by atoms with Crippen LogP contribution >= 0.6 is 0 Å². The lowest BCUT2D eigenvalue weighted by Gasteiger charge is -2.37. The fraction of sp³-hybridized carbons (Fsp3) is 0.500. The van der Waals surface area contributed by atoms with Gasteiger partial charge in [0.05, 0.1) is 18.9 Å². The standard InChI is InChI=1S/C12H14F2N6O2/c13-12(14)6-19(11(21)22)2-1-8(12)3-16-9-4-15-5-10-18-17-7-20(9)10/h4-5,7-8,16H,1-3,6H2,(H,21,22)/t8-/m1/s1. The van der Waals surface area contributed by atoms with E-state index >= 15 is 0 Å². The van der Waals surface area contributed by atoms with Crippen molar-refractivity contribution in [3.63, 3.8) is 0 Å². The Labute approximate surface area is 123 Å². The number of likely N-dealkylation sites (tertiary alicyclic amines) is 1. The summed E-state index contributed by atoms with van der Waals surface area (Å²) in [6.45, 7) is -0.657. The Morgan fingerprint density at radius 2 is 2.32 bits per heavy atom. The Morgan fingerprint density at radius 1 is 1.50 bits per heavy atom. The quantitative estimate of drug-likeness (QED) is 0.883. The fourth-order valence-corrected chi connectivity index (χ4v) is 2.51. The number of fused-ring (bicyclic) bond motifs is 1. The highest BCUT2D eigenvalue weighted by Gasteiger charge is 2.45. The predicted molar refractivity (Wildman–Crippen MR) is 71.9 cm³/mol. The second-order valence-electron chi connectivity index (χ2n) is 5.18. The average molecular weight is 312 g/mol. The average Bonchev–Trinajstić information content (AvgIpc) is 2.94. The summed E-state index contributed by atoms with van der Waals surface area (Å²) >= 11 is 0. The van der Waals surface area contributed by atoms with Gasteiger partial charge in [-0.3, -0.25) is 9.38 Å². The van der Waals surface area contributed by atoms with Gasteiger partial charge in [-0.1, -0.05) is 0 Å². The van der Waals surface area contributed by atoms with Crippen LogP contribution < -0.4 is 5.32 Å². The molecule has 1 atom stereocenters. The van der Waals surface area contributed by atoms with Crippen LogP contribution in [0.25, 0.3) is 5.65 Å². The number of hydrogen-bond acceptors (Lipinski definition) is 5. The summed E-state index contributed by atoms with van der Waals surface area (Å²) in [6, 6.07) is 0. The number of amides is 1. The van der Waals surface area contributed by atoms with Crippen LogP contribution in [-0.4, -0.2) is 61.2 Å². The van der Waals surface area contributed by atoms with E-state index in [1.54, 1.807) is 4.40 Å². The molecule has 3 rings (SSSR count). The zero-order valence-electron chi connectivity index (χ0n) is 11.5. The van der Waals surface area contributed by atoms with Crippen molar-refractivity contribution in [2.45, 2.75) is 12.3 Å². The molecule has 1 amide bonds. The number of carboxylic acid groups (broad SMARTS) is 1. The molecule has 8 nitrogen and oxygen atoms in total. The molecule has 0 unspecified atom stereocenters. The van der Waals surface area contributed by atoms with E-state index in [1.165, 1.54) is 18.7 Å². The fourth-order valence-electron chi connectivity index (χ4n) is 2.51. The number of alkyl halides is 2. The van der Waals surface area contributed by atoms with Gasteiger partial charge in [0.1, 0.15) is 12.1 Å². The van der Waals surface area contributed by atoms with Crippen molar-refractivity contribution in [1.82, 2.24) is 24.5 Å². The van der Waals surface area contributed by atoms with Gasteiger partial charge < -0.3 is 15.3 Å². The molecule has 10 heteroatoms. The molecule has 0 radical (unpaired) electrons. The van der Waals surface area contributed by atoms with Crippen LogP contribution in [0, 0.1) is 5.92 Å². The van der Waals surface area contributed by atoms with Crippen LogP contribution in [-0.2, 0) is 0 Å². The third-order valence-corrected chi connectivity index (χ3v) is 3.77. The Hall–Kier alpha value is -2.52. The number of aromatic nitrogens is 4. The summed E-state index contributed by atoms with van der Waals surface area (Å²) in [5.41, 5.74) is 0.512. The summed E-state index contributed by atoms with van der Waals surface area (Å²) in [6.07, 6.45) is 3.26. The van der Waals surface area contributed by atoms with Crippen molar-refractivity contribution in [3.8, 4) is 0 Å². The molecule has 22 heavy (non-hydrogen) atoms. The SMILES string of the molecule is O=C(O)N1CC[C@H](CNc2cncc3nncn23)C(F)(F)C1. The first-order valence-corrected chi connectivity index (χ1v) is 6.71. The first kappa shape index (κ1) is 14.4. The molecular weight excluding hydrogens is 298 g/mol. The van der Waals surface area contributed by atoms with E-state index in [-0.39, 0.29) is 19.5 Å². The van der Waals surface area contributed by atoms with E-state index < -0.39 is 24.5 Å². The van der Waals surface area contributed by atoms with Gasteiger partial charge >= 0.3 is 6.09 Å². The summed E-state index contributed by atoms with van der Waals surface area (Å²) in [7, 11) is 0. The van der Waals surface area contributed by atoms with Crippen molar-refractivity contribution in [2.75, 3.05) is 25.0 Å². The second-order valence-corrected chi connectivity index (χ2v) is 5.18. The predicted octanol–water partition coefficient (Wildman–Crippen LogP) is 1.17. The molecule has 1 fully saturated rings. The zero-order valence-corrected chi connectivity index (χ0v) is 11.5. The van der Waals surface area contributed by atoms with Crippen LogP contribution in [0.1, 0.15) is 6.42 Å². The molecule has 2 aromatic rings. The van der Waals surface area contributed by atoms with E-state index in [1.807, 2.05) is 0 Å². The third kappa shape index (κ3) is 2.63. The smallest absolute Gasteiger partial charge is 0.407 e. The summed E-state index contributed by atoms with van der Waals surface area (Å²) in [5, 5.41) is 19.3. The number of halogens is 2. The minimum absolute atomic E-state index is 0.0133. The van der Waals surface area contributed by atoms with Crippen molar-refractivity contribution in [3.05, 3.63) is 18.7 Å². The lowest BCUT2D eigenvalue weighted by molar-refractivity contribution is -0.0992. The van der Waals surface area contributed by atoms with Crippen molar-refractivity contribution < 1.29 is 18.7 Å². The van der Waals surface area contributed by atoms with Gasteiger partial charge in [-0.2, -0.15) is 0 Å². The Balaban J connectivity index is 1.69. The van der Waals surface area contributed by atoms with E-state index in [4.69, 9.17) is 5.11 Å². The summed E-state index contributed by atoms with van der Waals surface area (Å²) in [4.78, 5) is 15.5. The molecule has 118 valence electrons. The number of nitrogens with zero attached hydrogens (tertiary/aromatic N) is 5. The molecule has 0 aromatic carbocycles. The van der Waals surface area contributed by atoms with Gasteiger partial charge in [0.15, 0.2) is 5.65 Å². The van der Waals surface area contributed by atoms with Crippen molar-refractivity contribution in [2.24, 2.45) is 5.92 Å². The number of anilines is 1. The first-order valence-electron chi connectivity index (χ1n) is 6.71. The van der Waals surface area contributed by atoms with Crippen molar-refractivity contribution >= 4 is 17.6 Å². The Morgan fingerprint density at radius 3 is 3.05 bits per heavy atom. The minimum atomic E-state index is -3.07.